The molecule has 0 bridgehead atoms. The van der Waals surface area contributed by atoms with Gasteiger partial charge >= 0.3 is 0 Å². The van der Waals surface area contributed by atoms with Gasteiger partial charge in [-0.2, -0.15) is 4.74 Å². The first-order valence-electron chi connectivity index (χ1n) is 6.77. The van der Waals surface area contributed by atoms with Crippen LogP contribution in [-0.2, 0) is 0 Å². The Kier molecular flexibility index (Phi) is 3.55. The second kappa shape index (κ2) is 4.82. The van der Waals surface area contributed by atoms with Crippen LogP contribution in [0.2, 0.25) is 0 Å². The van der Waals surface area contributed by atoms with Gasteiger partial charge in [0.1, 0.15) is 11.3 Å². The topological polar surface area (TPSA) is 82.1 Å². The minimum Gasteiger partial charge on any atom is -0.622 e. The first-order chi connectivity index (χ1) is 9.67. The molecular weight excluding hydrogens is 270 g/mol. The zero-order valence-electron chi connectivity index (χ0n) is 13.0. The third-order valence-corrected chi connectivity index (χ3v) is 4.28. The minimum atomic E-state index is -1.45. The average Bonchev–Trinajstić information content (AvgIpc) is 2.58. The Labute approximate surface area is 124 Å². The second-order valence-corrected chi connectivity index (χ2v) is 6.09. The molecule has 1 unspecified atom stereocenters. The molecule has 21 heavy (non-hydrogen) atoms. The van der Waals surface area contributed by atoms with Gasteiger partial charge in [-0.05, 0) is 39.8 Å². The van der Waals surface area contributed by atoms with Crippen LogP contribution in [0.3, 0.4) is 0 Å². The van der Waals surface area contributed by atoms with Crippen molar-refractivity contribution in [2.75, 3.05) is 0 Å². The van der Waals surface area contributed by atoms with Crippen LogP contribution in [0.15, 0.2) is 29.4 Å². The molecule has 0 spiro atoms. The molecule has 0 radical (unpaired) electrons. The van der Waals surface area contributed by atoms with E-state index < -0.39 is 11.2 Å². The highest BCUT2D eigenvalue weighted by atomic mass is 16.6. The molecule has 0 amide bonds. The number of rotatable bonds is 2. The van der Waals surface area contributed by atoms with Gasteiger partial charge in [-0.1, -0.05) is 22.9 Å². The summed E-state index contributed by atoms with van der Waals surface area (Å²) in [4.78, 5) is 0. The van der Waals surface area contributed by atoms with Crippen molar-refractivity contribution in [3.05, 3.63) is 40.6 Å². The Morgan fingerprint density at radius 3 is 2.24 bits per heavy atom. The Morgan fingerprint density at radius 1 is 1.24 bits per heavy atom. The number of nitrogens with zero attached hydrogens (tertiary/aromatic N) is 3. The molecule has 0 aliphatic carbocycles. The standard InChI is InChI=1S/C15H21N3O3/c1-10-6-8-12(9-7-10)13-14(3,4)18(21)15(5,17(13)20)11(2)16-19/h6-9,19,21H,1-5H3/b16-11-. The van der Waals surface area contributed by atoms with Gasteiger partial charge in [-0.25, -0.2) is 0 Å². The predicted molar refractivity (Wildman–Crippen MR) is 79.9 cm³/mol. The molecular formula is C15H21N3O3. The summed E-state index contributed by atoms with van der Waals surface area (Å²) < 4.78 is 0.715. The maximum atomic E-state index is 12.8. The maximum Gasteiger partial charge on any atom is 0.290 e. The summed E-state index contributed by atoms with van der Waals surface area (Å²) in [5.41, 5.74) is 0.0000237. The number of aryl methyl sites for hydroxylation is 1. The summed E-state index contributed by atoms with van der Waals surface area (Å²) in [6, 6.07) is 7.53. The van der Waals surface area contributed by atoms with Crippen LogP contribution in [0, 0.1) is 12.1 Å². The summed E-state index contributed by atoms with van der Waals surface area (Å²) in [6.45, 7) is 8.50. The van der Waals surface area contributed by atoms with Crippen LogP contribution in [0.25, 0.3) is 0 Å². The van der Waals surface area contributed by atoms with Crippen molar-refractivity contribution >= 4 is 11.4 Å². The molecule has 6 nitrogen and oxygen atoms in total. The normalized spacial score (nSPS) is 26.5. The zero-order chi connectivity index (χ0) is 16.0. The highest BCUT2D eigenvalue weighted by Gasteiger charge is 2.61. The first-order valence-corrected chi connectivity index (χ1v) is 6.77. The molecule has 1 aromatic rings. The van der Waals surface area contributed by atoms with Crippen LogP contribution in [0.4, 0.5) is 0 Å². The quantitative estimate of drug-likeness (QED) is 0.288. The van der Waals surface area contributed by atoms with Gasteiger partial charge in [-0.15, -0.1) is 5.06 Å². The molecule has 1 aromatic carbocycles. The van der Waals surface area contributed by atoms with E-state index in [2.05, 4.69) is 5.16 Å². The summed E-state index contributed by atoms with van der Waals surface area (Å²) in [7, 11) is 0. The minimum absolute atomic E-state index is 0.121. The fourth-order valence-electron chi connectivity index (χ4n) is 2.77. The molecule has 0 saturated carbocycles. The lowest BCUT2D eigenvalue weighted by molar-refractivity contribution is -0.560. The second-order valence-electron chi connectivity index (χ2n) is 6.09. The summed E-state index contributed by atoms with van der Waals surface area (Å²) in [5, 5.41) is 36.4. The van der Waals surface area contributed by atoms with Gasteiger partial charge in [-0.3, -0.25) is 0 Å². The number of hydroxylamine groups is 3. The Bertz CT molecular complexity index is 620. The number of benzene rings is 1. The fourth-order valence-corrected chi connectivity index (χ4v) is 2.77. The van der Waals surface area contributed by atoms with E-state index in [1.54, 1.807) is 13.8 Å². The van der Waals surface area contributed by atoms with Crippen molar-refractivity contribution in [3.63, 3.8) is 0 Å². The zero-order valence-corrected chi connectivity index (χ0v) is 13.0. The highest BCUT2D eigenvalue weighted by Crippen LogP contribution is 2.36. The van der Waals surface area contributed by atoms with E-state index in [1.165, 1.54) is 13.8 Å². The van der Waals surface area contributed by atoms with Crippen molar-refractivity contribution < 1.29 is 15.2 Å². The van der Waals surface area contributed by atoms with E-state index in [0.717, 1.165) is 16.2 Å². The summed E-state index contributed by atoms with van der Waals surface area (Å²) in [6.07, 6.45) is 0. The molecule has 2 N–H and O–H groups in total. The third kappa shape index (κ3) is 2.02. The Hall–Kier alpha value is -1.92. The Balaban J connectivity index is 2.70. The smallest absolute Gasteiger partial charge is 0.290 e. The van der Waals surface area contributed by atoms with E-state index >= 15 is 0 Å². The van der Waals surface area contributed by atoms with Crippen molar-refractivity contribution in [1.82, 2.24) is 5.06 Å². The van der Waals surface area contributed by atoms with E-state index in [9.17, 15) is 10.4 Å². The molecule has 6 heteroatoms. The SMILES string of the molecule is C/C(=N/O)C1(C)N(O)C(C)(C)C(c2ccc(C)cc2)=[N+]1[O-]. The lowest BCUT2D eigenvalue weighted by atomic mass is 9.92. The first kappa shape index (κ1) is 15.5. The molecule has 0 aromatic heterocycles. The van der Waals surface area contributed by atoms with Crippen LogP contribution >= 0.6 is 0 Å². The molecule has 1 heterocycles. The van der Waals surface area contributed by atoms with E-state index in [4.69, 9.17) is 5.21 Å². The average molecular weight is 291 g/mol. The van der Waals surface area contributed by atoms with E-state index in [-0.39, 0.29) is 5.71 Å². The van der Waals surface area contributed by atoms with Gasteiger partial charge in [0.15, 0.2) is 0 Å². The predicted octanol–water partition coefficient (Wildman–Crippen LogP) is 2.34. The van der Waals surface area contributed by atoms with Crippen LogP contribution in [-0.4, -0.2) is 42.8 Å². The number of hydrogen-bond acceptors (Lipinski definition) is 5. The molecule has 114 valence electrons. The van der Waals surface area contributed by atoms with Crippen LogP contribution in [0.1, 0.15) is 38.8 Å². The van der Waals surface area contributed by atoms with Crippen LogP contribution < -0.4 is 0 Å². The number of oxime groups is 1. The fraction of sp³-hybridized carbons (Fsp3) is 0.467. The third-order valence-electron chi connectivity index (χ3n) is 4.28. The summed E-state index contributed by atoms with van der Waals surface area (Å²) in [5.74, 6) is 0. The molecule has 1 aliphatic rings. The largest absolute Gasteiger partial charge is 0.622 e. The van der Waals surface area contributed by atoms with Crippen LogP contribution in [0.5, 0.6) is 0 Å². The van der Waals surface area contributed by atoms with Crippen molar-refractivity contribution in [2.45, 2.75) is 45.8 Å². The van der Waals surface area contributed by atoms with Crippen molar-refractivity contribution in [1.29, 1.82) is 0 Å². The number of hydrogen-bond donors (Lipinski definition) is 2. The molecule has 1 atom stereocenters. The summed E-state index contributed by atoms with van der Waals surface area (Å²) >= 11 is 0. The highest BCUT2D eigenvalue weighted by molar-refractivity contribution is 6.06. The van der Waals surface area contributed by atoms with Crippen molar-refractivity contribution in [2.24, 2.45) is 5.16 Å². The van der Waals surface area contributed by atoms with Gasteiger partial charge in [0.25, 0.3) is 5.66 Å². The maximum absolute atomic E-state index is 12.8. The molecule has 2 rings (SSSR count). The molecule has 1 aliphatic heterocycles. The van der Waals surface area contributed by atoms with E-state index in [0.29, 0.717) is 10.5 Å². The molecule has 0 fully saturated rings. The van der Waals surface area contributed by atoms with Gasteiger partial charge in [0.2, 0.25) is 5.71 Å². The Morgan fingerprint density at radius 2 is 1.76 bits per heavy atom. The molecule has 0 saturated heterocycles. The van der Waals surface area contributed by atoms with Gasteiger partial charge in [0, 0.05) is 12.5 Å². The van der Waals surface area contributed by atoms with Gasteiger partial charge < -0.3 is 15.6 Å². The van der Waals surface area contributed by atoms with Crippen molar-refractivity contribution in [3.8, 4) is 0 Å². The van der Waals surface area contributed by atoms with E-state index in [1.807, 2.05) is 31.2 Å². The van der Waals surface area contributed by atoms with Gasteiger partial charge in [0.05, 0.1) is 0 Å². The monoisotopic (exact) mass is 291 g/mol. The lowest BCUT2D eigenvalue weighted by Crippen LogP contribution is -2.57. The lowest BCUT2D eigenvalue weighted by Gasteiger charge is -2.32.